The van der Waals surface area contributed by atoms with E-state index >= 15 is 0 Å². The van der Waals surface area contributed by atoms with Gasteiger partial charge in [-0.3, -0.25) is 0 Å². The maximum Gasteiger partial charge on any atom is 0.118 e. The quantitative estimate of drug-likeness (QED) is 0.349. The Morgan fingerprint density at radius 2 is 1.72 bits per heavy atom. The van der Waals surface area contributed by atoms with Gasteiger partial charge in [-0.2, -0.15) is 0 Å². The largest absolute Gasteiger partial charge is 0.497 e. The zero-order chi connectivity index (χ0) is 22.2. The van der Waals surface area contributed by atoms with E-state index in [-0.39, 0.29) is 11.5 Å². The minimum absolute atomic E-state index is 0.0288. The summed E-state index contributed by atoms with van der Waals surface area (Å²) in [6, 6.07) is 27.5. The maximum absolute atomic E-state index is 6.74. The summed E-state index contributed by atoms with van der Waals surface area (Å²) in [6.07, 6.45) is 1.98. The van der Waals surface area contributed by atoms with E-state index < -0.39 is 5.60 Å². The number of hydrogen-bond acceptors (Lipinski definition) is 3. The molecule has 2 aliphatic rings. The molecular formula is C28H29BrO3. The Balaban J connectivity index is 1.47. The average molecular weight is 493 g/mol. The van der Waals surface area contributed by atoms with Crippen LogP contribution in [0.15, 0.2) is 83.3 Å². The second-order valence-electron chi connectivity index (χ2n) is 9.05. The van der Waals surface area contributed by atoms with Crippen molar-refractivity contribution >= 4 is 15.9 Å². The van der Waals surface area contributed by atoms with E-state index in [4.69, 9.17) is 14.2 Å². The van der Waals surface area contributed by atoms with Gasteiger partial charge in [0.1, 0.15) is 5.75 Å². The first-order valence-electron chi connectivity index (χ1n) is 11.3. The molecule has 0 radical (unpaired) electrons. The van der Waals surface area contributed by atoms with E-state index in [0.29, 0.717) is 12.5 Å². The number of hydrogen-bond donors (Lipinski definition) is 0. The van der Waals surface area contributed by atoms with Crippen molar-refractivity contribution in [1.82, 2.24) is 0 Å². The first-order chi connectivity index (χ1) is 15.6. The Bertz CT molecular complexity index is 1050. The highest BCUT2D eigenvalue weighted by Gasteiger charge is 2.74. The highest BCUT2D eigenvalue weighted by atomic mass is 79.9. The average Bonchev–Trinajstić information content (AvgIpc) is 3.50. The lowest BCUT2D eigenvalue weighted by Crippen LogP contribution is -2.38. The minimum atomic E-state index is -0.408. The Morgan fingerprint density at radius 1 is 1.00 bits per heavy atom. The Morgan fingerprint density at radius 3 is 2.38 bits per heavy atom. The predicted octanol–water partition coefficient (Wildman–Crippen LogP) is 6.71. The number of fused-ring (bicyclic) bond motifs is 1. The molecule has 1 aliphatic carbocycles. The van der Waals surface area contributed by atoms with Crippen molar-refractivity contribution in [3.8, 4) is 5.75 Å². The van der Waals surface area contributed by atoms with Crippen LogP contribution < -0.4 is 4.74 Å². The van der Waals surface area contributed by atoms with Gasteiger partial charge in [-0.1, -0.05) is 70.5 Å². The summed E-state index contributed by atoms with van der Waals surface area (Å²) in [7, 11) is 1.70. The van der Waals surface area contributed by atoms with Gasteiger partial charge in [-0.25, -0.2) is 0 Å². The minimum Gasteiger partial charge on any atom is -0.497 e. The van der Waals surface area contributed by atoms with E-state index in [1.807, 2.05) is 12.1 Å². The third-order valence-corrected chi connectivity index (χ3v) is 7.94. The van der Waals surface area contributed by atoms with Gasteiger partial charge in [0.2, 0.25) is 0 Å². The summed E-state index contributed by atoms with van der Waals surface area (Å²) in [5, 5.41) is 0. The molecule has 0 spiro atoms. The number of halogens is 1. The SMILES string of the molecule is COc1ccc([C@@]2(C)OC[C@H]3C[C@]32[C@H](OCCc2ccccc2)c2ccc(Br)cc2)cc1. The molecule has 3 aromatic carbocycles. The van der Waals surface area contributed by atoms with E-state index in [1.54, 1.807) is 7.11 Å². The molecule has 1 aliphatic heterocycles. The van der Waals surface area contributed by atoms with Crippen LogP contribution in [0.3, 0.4) is 0 Å². The van der Waals surface area contributed by atoms with Crippen molar-refractivity contribution in [3.05, 3.63) is 100 Å². The summed E-state index contributed by atoms with van der Waals surface area (Å²) in [5.74, 6) is 1.36. The fraction of sp³-hybridized carbons (Fsp3) is 0.357. The monoisotopic (exact) mass is 492 g/mol. The van der Waals surface area contributed by atoms with Crippen LogP contribution in [0.5, 0.6) is 5.75 Å². The fourth-order valence-corrected chi connectivity index (χ4v) is 5.76. The molecule has 1 heterocycles. The van der Waals surface area contributed by atoms with Crippen molar-refractivity contribution in [1.29, 1.82) is 0 Å². The molecule has 4 heteroatoms. The van der Waals surface area contributed by atoms with Gasteiger partial charge in [0.05, 0.1) is 32.0 Å². The zero-order valence-corrected chi connectivity index (χ0v) is 20.2. The molecular weight excluding hydrogens is 464 g/mol. The van der Waals surface area contributed by atoms with Gasteiger partial charge in [0, 0.05) is 9.89 Å². The van der Waals surface area contributed by atoms with Gasteiger partial charge in [-0.15, -0.1) is 0 Å². The lowest BCUT2D eigenvalue weighted by Gasteiger charge is -2.40. The van der Waals surface area contributed by atoms with Crippen molar-refractivity contribution in [3.63, 3.8) is 0 Å². The molecule has 32 heavy (non-hydrogen) atoms. The molecule has 0 N–H and O–H groups in total. The predicted molar refractivity (Wildman–Crippen MR) is 130 cm³/mol. The lowest BCUT2D eigenvalue weighted by atomic mass is 9.74. The number of rotatable bonds is 8. The fourth-order valence-electron chi connectivity index (χ4n) is 5.49. The topological polar surface area (TPSA) is 27.7 Å². The van der Waals surface area contributed by atoms with Crippen LogP contribution in [0.25, 0.3) is 0 Å². The van der Waals surface area contributed by atoms with Gasteiger partial charge >= 0.3 is 0 Å². The van der Waals surface area contributed by atoms with Crippen LogP contribution in [0.1, 0.15) is 36.1 Å². The first kappa shape index (κ1) is 21.7. The van der Waals surface area contributed by atoms with E-state index in [1.165, 1.54) is 16.7 Å². The molecule has 166 valence electrons. The Hall–Kier alpha value is -2.14. The normalized spacial score (nSPS) is 27.0. The van der Waals surface area contributed by atoms with Crippen LogP contribution in [0.2, 0.25) is 0 Å². The third-order valence-electron chi connectivity index (χ3n) is 7.41. The van der Waals surface area contributed by atoms with Crippen LogP contribution in [-0.2, 0) is 21.5 Å². The molecule has 0 aromatic heterocycles. The van der Waals surface area contributed by atoms with Crippen molar-refractivity contribution in [2.24, 2.45) is 11.3 Å². The zero-order valence-electron chi connectivity index (χ0n) is 18.6. The van der Waals surface area contributed by atoms with Crippen LogP contribution in [-0.4, -0.2) is 20.3 Å². The number of ether oxygens (including phenoxy) is 3. The van der Waals surface area contributed by atoms with E-state index in [2.05, 4.69) is 89.6 Å². The molecule has 3 aromatic rings. The van der Waals surface area contributed by atoms with Crippen LogP contribution in [0, 0.1) is 11.3 Å². The second-order valence-corrected chi connectivity index (χ2v) is 9.97. The smallest absolute Gasteiger partial charge is 0.118 e. The summed E-state index contributed by atoms with van der Waals surface area (Å²) in [6.45, 7) is 3.70. The molecule has 1 saturated heterocycles. The summed E-state index contributed by atoms with van der Waals surface area (Å²) < 4.78 is 19.7. The maximum atomic E-state index is 6.74. The first-order valence-corrected chi connectivity index (χ1v) is 12.1. The number of methoxy groups -OCH3 is 1. The van der Waals surface area contributed by atoms with E-state index in [0.717, 1.165) is 29.7 Å². The second kappa shape index (κ2) is 8.66. The molecule has 4 atom stereocenters. The van der Waals surface area contributed by atoms with Crippen LogP contribution in [0.4, 0.5) is 0 Å². The van der Waals surface area contributed by atoms with Gasteiger partial charge in [0.15, 0.2) is 0 Å². The summed E-state index contributed by atoms with van der Waals surface area (Å²) >= 11 is 3.58. The molecule has 0 unspecified atom stereocenters. The molecule has 1 saturated carbocycles. The van der Waals surface area contributed by atoms with Gasteiger partial charge < -0.3 is 14.2 Å². The highest BCUT2D eigenvalue weighted by Crippen LogP contribution is 2.75. The summed E-state index contributed by atoms with van der Waals surface area (Å²) in [4.78, 5) is 0. The molecule has 0 bridgehead atoms. The Kier molecular flexibility index (Phi) is 5.87. The Labute approximate surface area is 198 Å². The summed E-state index contributed by atoms with van der Waals surface area (Å²) in [5.41, 5.74) is 3.22. The molecule has 5 rings (SSSR count). The lowest BCUT2D eigenvalue weighted by molar-refractivity contribution is -0.108. The van der Waals surface area contributed by atoms with Gasteiger partial charge in [0.25, 0.3) is 0 Å². The molecule has 0 amide bonds. The molecule has 3 nitrogen and oxygen atoms in total. The van der Waals surface area contributed by atoms with Crippen molar-refractivity contribution in [2.75, 3.05) is 20.3 Å². The highest BCUT2D eigenvalue weighted by molar-refractivity contribution is 9.10. The standard InChI is InChI=1S/C28H29BrO3/c1-27(22-10-14-25(30-2)15-11-22)28(18-23(28)19-32-27)26(21-8-12-24(29)13-9-21)31-17-16-20-6-4-3-5-7-20/h3-15,23,26H,16-19H2,1-2H3/t23-,26-,27-,28-/m1/s1. The van der Waals surface area contributed by atoms with Gasteiger partial charge in [-0.05, 0) is 66.6 Å². The van der Waals surface area contributed by atoms with Crippen LogP contribution >= 0.6 is 15.9 Å². The molecule has 2 fully saturated rings. The van der Waals surface area contributed by atoms with E-state index in [9.17, 15) is 0 Å². The number of benzene rings is 3. The van der Waals surface area contributed by atoms with Crippen molar-refractivity contribution < 1.29 is 14.2 Å². The van der Waals surface area contributed by atoms with Crippen molar-refractivity contribution in [2.45, 2.75) is 31.5 Å². The third kappa shape index (κ3) is 3.68.